The van der Waals surface area contributed by atoms with E-state index in [1.807, 2.05) is 18.2 Å². The molecule has 0 atom stereocenters. The number of amides is 2. The van der Waals surface area contributed by atoms with Gasteiger partial charge >= 0.3 is 6.03 Å². The number of halogens is 2. The number of urea groups is 1. The van der Waals surface area contributed by atoms with Crippen LogP contribution < -0.4 is 10.6 Å². The topological polar surface area (TPSA) is 68.2 Å². The molecule has 0 spiro atoms. The number of piperidine rings is 1. The summed E-state index contributed by atoms with van der Waals surface area (Å²) in [5.74, 6) is -0.525. The van der Waals surface area contributed by atoms with Gasteiger partial charge in [0.05, 0.1) is 16.7 Å². The van der Waals surface area contributed by atoms with Crippen molar-refractivity contribution in [3.8, 4) is 17.2 Å². The van der Waals surface area contributed by atoms with Gasteiger partial charge in [0.1, 0.15) is 5.82 Å². The van der Waals surface area contributed by atoms with E-state index in [0.717, 1.165) is 50.0 Å². The van der Waals surface area contributed by atoms with E-state index >= 15 is 0 Å². The van der Waals surface area contributed by atoms with Crippen molar-refractivity contribution >= 4 is 23.3 Å². The van der Waals surface area contributed by atoms with Crippen molar-refractivity contribution < 1.29 is 9.18 Å². The number of anilines is 1. The van der Waals surface area contributed by atoms with Gasteiger partial charge in [-0.15, -0.1) is 0 Å². The maximum absolute atomic E-state index is 13.4. The Bertz CT molecular complexity index is 1250. The fourth-order valence-corrected chi connectivity index (χ4v) is 5.05. The van der Waals surface area contributed by atoms with E-state index in [4.69, 9.17) is 11.6 Å². The SMILES string of the molecule is CCCN1CCC(CNC(=O)Nc2ccc(F)c(Cl)c2)(c2ccc(-c3cccc(C#N)c3)cc2)CC1. The first-order valence-electron chi connectivity index (χ1n) is 12.3. The lowest BCUT2D eigenvalue weighted by Crippen LogP contribution is -2.49. The second kappa shape index (κ2) is 11.6. The Morgan fingerprint density at radius 2 is 1.83 bits per heavy atom. The van der Waals surface area contributed by atoms with Gasteiger partial charge in [-0.25, -0.2) is 9.18 Å². The molecule has 0 radical (unpaired) electrons. The zero-order valence-electron chi connectivity index (χ0n) is 20.4. The summed E-state index contributed by atoms with van der Waals surface area (Å²) >= 11 is 5.84. The fourth-order valence-electron chi connectivity index (χ4n) is 4.87. The molecular formula is C29H30ClFN4O. The molecule has 0 aromatic heterocycles. The number of nitrogens with one attached hydrogen (secondary N) is 2. The summed E-state index contributed by atoms with van der Waals surface area (Å²) in [4.78, 5) is 15.2. The molecule has 1 saturated heterocycles. The van der Waals surface area contributed by atoms with E-state index in [0.29, 0.717) is 17.8 Å². The van der Waals surface area contributed by atoms with Crippen molar-refractivity contribution in [3.63, 3.8) is 0 Å². The van der Waals surface area contributed by atoms with Crippen LogP contribution in [0.15, 0.2) is 66.7 Å². The highest BCUT2D eigenvalue weighted by atomic mass is 35.5. The van der Waals surface area contributed by atoms with Crippen LogP contribution in [-0.4, -0.2) is 37.1 Å². The van der Waals surface area contributed by atoms with Crippen LogP contribution >= 0.6 is 11.6 Å². The summed E-state index contributed by atoms with van der Waals surface area (Å²) in [5, 5.41) is 15.0. The maximum Gasteiger partial charge on any atom is 0.319 e. The molecule has 0 unspecified atom stereocenters. The van der Waals surface area contributed by atoms with Crippen molar-refractivity contribution in [2.45, 2.75) is 31.6 Å². The Kier molecular flexibility index (Phi) is 8.25. The number of carbonyl (C=O) groups is 1. The average Bonchev–Trinajstić information content (AvgIpc) is 2.91. The Labute approximate surface area is 216 Å². The molecule has 4 rings (SSSR count). The van der Waals surface area contributed by atoms with E-state index < -0.39 is 5.82 Å². The first-order valence-corrected chi connectivity index (χ1v) is 12.6. The van der Waals surface area contributed by atoms with Gasteiger partial charge in [-0.2, -0.15) is 5.26 Å². The normalized spacial score (nSPS) is 15.2. The van der Waals surface area contributed by atoms with Crippen LogP contribution in [0.5, 0.6) is 0 Å². The summed E-state index contributed by atoms with van der Waals surface area (Å²) in [7, 11) is 0. The number of carbonyl (C=O) groups excluding carboxylic acids is 1. The largest absolute Gasteiger partial charge is 0.337 e. The highest BCUT2D eigenvalue weighted by Gasteiger charge is 2.36. The first kappa shape index (κ1) is 25.7. The van der Waals surface area contributed by atoms with Gasteiger partial charge in [-0.3, -0.25) is 0 Å². The van der Waals surface area contributed by atoms with Crippen LogP contribution in [-0.2, 0) is 5.41 Å². The highest BCUT2D eigenvalue weighted by molar-refractivity contribution is 6.31. The molecule has 7 heteroatoms. The number of benzene rings is 3. The summed E-state index contributed by atoms with van der Waals surface area (Å²) in [5.41, 5.74) is 4.11. The van der Waals surface area contributed by atoms with Gasteiger partial charge in [0.2, 0.25) is 0 Å². The predicted molar refractivity (Wildman–Crippen MR) is 143 cm³/mol. The molecule has 0 bridgehead atoms. The third-order valence-electron chi connectivity index (χ3n) is 6.94. The number of likely N-dealkylation sites (tertiary alicyclic amines) is 1. The summed E-state index contributed by atoms with van der Waals surface area (Å²) in [6, 6.07) is 22.0. The van der Waals surface area contributed by atoms with Crippen LogP contribution in [0.25, 0.3) is 11.1 Å². The Balaban J connectivity index is 1.51. The Morgan fingerprint density at radius 3 is 2.50 bits per heavy atom. The van der Waals surface area contributed by atoms with Crippen LogP contribution in [0.4, 0.5) is 14.9 Å². The van der Waals surface area contributed by atoms with E-state index in [2.05, 4.69) is 52.8 Å². The quantitative estimate of drug-likeness (QED) is 0.381. The number of nitrogens with zero attached hydrogens (tertiary/aromatic N) is 2. The number of rotatable bonds is 7. The van der Waals surface area contributed by atoms with E-state index in [9.17, 15) is 14.4 Å². The van der Waals surface area contributed by atoms with Gasteiger partial charge in [-0.1, -0.05) is 54.9 Å². The molecule has 0 saturated carbocycles. The lowest BCUT2D eigenvalue weighted by Gasteiger charge is -2.42. The number of nitriles is 1. The third kappa shape index (κ3) is 6.04. The molecule has 186 valence electrons. The lowest BCUT2D eigenvalue weighted by molar-refractivity contribution is 0.157. The van der Waals surface area contributed by atoms with Crippen LogP contribution in [0, 0.1) is 17.1 Å². The minimum absolute atomic E-state index is 0.0343. The standard InChI is InChI=1S/C29H30ClFN4O/c1-2-14-35-15-12-29(13-16-35,20-33-28(36)34-25-10-11-27(31)26(30)18-25)24-8-6-22(7-9-24)23-5-3-4-21(17-23)19-32/h3-11,17-18H,2,12-16,20H2,1H3,(H2,33,34,36). The smallest absolute Gasteiger partial charge is 0.319 e. The Hall–Kier alpha value is -3.40. The Morgan fingerprint density at radius 1 is 1.08 bits per heavy atom. The fraction of sp³-hybridized carbons (Fsp3) is 0.310. The first-order chi connectivity index (χ1) is 17.4. The van der Waals surface area contributed by atoms with Crippen molar-refractivity contribution in [2.24, 2.45) is 0 Å². The van der Waals surface area contributed by atoms with Crippen LogP contribution in [0.3, 0.4) is 0 Å². The monoisotopic (exact) mass is 504 g/mol. The zero-order valence-corrected chi connectivity index (χ0v) is 21.1. The van der Waals surface area contributed by atoms with Crippen LogP contribution in [0.1, 0.15) is 37.3 Å². The molecule has 2 amide bonds. The molecule has 3 aromatic rings. The van der Waals surface area contributed by atoms with Crippen molar-refractivity contribution in [1.29, 1.82) is 5.26 Å². The molecule has 1 aliphatic rings. The predicted octanol–water partition coefficient (Wildman–Crippen LogP) is 6.58. The summed E-state index contributed by atoms with van der Waals surface area (Å²) in [6.45, 7) is 5.68. The molecule has 2 N–H and O–H groups in total. The summed E-state index contributed by atoms with van der Waals surface area (Å²) in [6.07, 6.45) is 2.97. The molecule has 0 aliphatic carbocycles. The lowest BCUT2D eigenvalue weighted by atomic mass is 9.72. The van der Waals surface area contributed by atoms with Crippen molar-refractivity contribution in [2.75, 3.05) is 31.5 Å². The van der Waals surface area contributed by atoms with Crippen LogP contribution in [0.2, 0.25) is 5.02 Å². The minimum atomic E-state index is -0.525. The molecule has 1 heterocycles. The molecule has 5 nitrogen and oxygen atoms in total. The molecule has 36 heavy (non-hydrogen) atoms. The maximum atomic E-state index is 13.4. The highest BCUT2D eigenvalue weighted by Crippen LogP contribution is 2.36. The molecular weight excluding hydrogens is 475 g/mol. The average molecular weight is 505 g/mol. The van der Waals surface area contributed by atoms with E-state index in [1.54, 1.807) is 6.07 Å². The van der Waals surface area contributed by atoms with E-state index in [-0.39, 0.29) is 16.5 Å². The molecule has 1 fully saturated rings. The minimum Gasteiger partial charge on any atom is -0.337 e. The van der Waals surface area contributed by atoms with Gasteiger partial charge in [0, 0.05) is 17.6 Å². The second-order valence-corrected chi connectivity index (χ2v) is 9.74. The molecule has 1 aliphatic heterocycles. The van der Waals surface area contributed by atoms with Gasteiger partial charge in [0.25, 0.3) is 0 Å². The van der Waals surface area contributed by atoms with Gasteiger partial charge in [-0.05, 0) is 85.9 Å². The van der Waals surface area contributed by atoms with Crippen molar-refractivity contribution in [1.82, 2.24) is 10.2 Å². The van der Waals surface area contributed by atoms with Gasteiger partial charge in [0.15, 0.2) is 0 Å². The second-order valence-electron chi connectivity index (χ2n) is 9.33. The van der Waals surface area contributed by atoms with Gasteiger partial charge < -0.3 is 15.5 Å². The third-order valence-corrected chi connectivity index (χ3v) is 7.23. The van der Waals surface area contributed by atoms with E-state index in [1.165, 1.54) is 23.8 Å². The number of hydrogen-bond acceptors (Lipinski definition) is 3. The molecule has 3 aromatic carbocycles. The van der Waals surface area contributed by atoms with Crippen molar-refractivity contribution in [3.05, 3.63) is 88.7 Å². The summed E-state index contributed by atoms with van der Waals surface area (Å²) < 4.78 is 13.4. The zero-order chi connectivity index (χ0) is 25.5. The number of hydrogen-bond donors (Lipinski definition) is 2.